The molecule has 0 aliphatic heterocycles. The van der Waals surface area contributed by atoms with E-state index in [2.05, 4.69) is 37.0 Å². The number of furan rings is 1. The SMILES string of the molecule is COc1cc(C=Nn2c(-c3cc4c(OC)cccc4o3)nc3ccccc3c2=O)c(Br)c(Br)c1OC(C)=O. The molecule has 0 saturated carbocycles. The Morgan fingerprint density at radius 3 is 2.50 bits per heavy atom. The van der Waals surface area contributed by atoms with Gasteiger partial charge in [0.15, 0.2) is 17.3 Å². The van der Waals surface area contributed by atoms with Crippen LogP contribution in [0.3, 0.4) is 0 Å². The number of halogens is 2. The van der Waals surface area contributed by atoms with Crippen molar-refractivity contribution in [3.8, 4) is 28.8 Å². The molecule has 5 rings (SSSR count). The lowest BCUT2D eigenvalue weighted by Gasteiger charge is -2.13. The van der Waals surface area contributed by atoms with Crippen LogP contribution in [0.4, 0.5) is 0 Å². The molecule has 0 N–H and O–H groups in total. The number of carbonyl (C=O) groups is 1. The molecule has 0 spiro atoms. The Kier molecular flexibility index (Phi) is 7.04. The lowest BCUT2D eigenvalue weighted by Crippen LogP contribution is -2.20. The monoisotopic (exact) mass is 639 g/mol. The van der Waals surface area contributed by atoms with E-state index in [4.69, 9.17) is 23.6 Å². The highest BCUT2D eigenvalue weighted by molar-refractivity contribution is 9.13. The van der Waals surface area contributed by atoms with Crippen molar-refractivity contribution >= 4 is 65.9 Å². The predicted octanol–water partition coefficient (Wildman–Crippen LogP) is 6.16. The molecular formula is C27H19Br2N3O6. The van der Waals surface area contributed by atoms with Gasteiger partial charge in [0.1, 0.15) is 11.3 Å². The van der Waals surface area contributed by atoms with Crippen molar-refractivity contribution in [2.45, 2.75) is 6.92 Å². The van der Waals surface area contributed by atoms with Crippen molar-refractivity contribution in [2.24, 2.45) is 5.10 Å². The molecule has 0 fully saturated rings. The first-order valence-corrected chi connectivity index (χ1v) is 12.8. The molecule has 38 heavy (non-hydrogen) atoms. The summed E-state index contributed by atoms with van der Waals surface area (Å²) in [6, 6.07) is 15.8. The fraction of sp³-hybridized carbons (Fsp3) is 0.111. The molecule has 0 radical (unpaired) electrons. The Morgan fingerprint density at radius 1 is 1.00 bits per heavy atom. The molecule has 0 aliphatic carbocycles. The van der Waals surface area contributed by atoms with E-state index in [0.29, 0.717) is 48.3 Å². The van der Waals surface area contributed by atoms with Crippen LogP contribution in [0.1, 0.15) is 12.5 Å². The van der Waals surface area contributed by atoms with Gasteiger partial charge in [0, 0.05) is 17.0 Å². The van der Waals surface area contributed by atoms with E-state index >= 15 is 0 Å². The molecule has 0 atom stereocenters. The summed E-state index contributed by atoms with van der Waals surface area (Å²) in [7, 11) is 3.03. The van der Waals surface area contributed by atoms with E-state index in [1.165, 1.54) is 24.9 Å². The molecule has 0 saturated heterocycles. The van der Waals surface area contributed by atoms with Crippen LogP contribution in [0.2, 0.25) is 0 Å². The summed E-state index contributed by atoms with van der Waals surface area (Å²) in [5, 5.41) is 5.62. The minimum absolute atomic E-state index is 0.210. The fourth-order valence-corrected chi connectivity index (χ4v) is 4.82. The number of benzene rings is 3. The van der Waals surface area contributed by atoms with Gasteiger partial charge in [-0.2, -0.15) is 9.78 Å². The van der Waals surface area contributed by atoms with Gasteiger partial charge in [0.25, 0.3) is 5.56 Å². The number of hydrogen-bond donors (Lipinski definition) is 0. The third-order valence-corrected chi connectivity index (χ3v) is 7.79. The zero-order chi connectivity index (χ0) is 27.0. The number of para-hydroxylation sites is 1. The standard InChI is InChI=1S/C27H19Br2N3O6/c1-14(33)37-25-21(36-3)11-15(23(28)24(25)29)13-30-32-26(31-18-8-5-4-7-16(18)27(32)34)22-12-17-19(35-2)9-6-10-20(17)38-22/h4-13H,1-3H3. The number of nitrogens with zero attached hydrogens (tertiary/aromatic N) is 3. The van der Waals surface area contributed by atoms with Gasteiger partial charge in [0.05, 0.1) is 41.2 Å². The Labute approximate surface area is 232 Å². The maximum Gasteiger partial charge on any atom is 0.308 e. The molecule has 0 aliphatic rings. The second-order valence-corrected chi connectivity index (χ2v) is 9.60. The molecule has 192 valence electrons. The van der Waals surface area contributed by atoms with Gasteiger partial charge >= 0.3 is 5.97 Å². The molecule has 0 amide bonds. The van der Waals surface area contributed by atoms with Crippen LogP contribution in [0.5, 0.6) is 17.2 Å². The van der Waals surface area contributed by atoms with E-state index in [9.17, 15) is 9.59 Å². The Morgan fingerprint density at radius 2 is 1.76 bits per heavy atom. The maximum atomic E-state index is 13.6. The number of hydrogen-bond acceptors (Lipinski definition) is 8. The zero-order valence-electron chi connectivity index (χ0n) is 20.3. The van der Waals surface area contributed by atoms with Gasteiger partial charge in [0.2, 0.25) is 5.82 Å². The normalized spacial score (nSPS) is 11.4. The molecule has 9 nitrogen and oxygen atoms in total. The number of rotatable bonds is 6. The van der Waals surface area contributed by atoms with Crippen molar-refractivity contribution in [3.63, 3.8) is 0 Å². The van der Waals surface area contributed by atoms with Gasteiger partial charge in [-0.25, -0.2) is 4.98 Å². The van der Waals surface area contributed by atoms with E-state index in [-0.39, 0.29) is 17.1 Å². The van der Waals surface area contributed by atoms with Gasteiger partial charge < -0.3 is 18.6 Å². The molecule has 5 aromatic rings. The van der Waals surface area contributed by atoms with E-state index in [1.807, 2.05) is 12.1 Å². The Hall–Kier alpha value is -3.96. The third-order valence-electron chi connectivity index (χ3n) is 5.65. The van der Waals surface area contributed by atoms with Crippen LogP contribution >= 0.6 is 31.9 Å². The van der Waals surface area contributed by atoms with E-state index in [0.717, 1.165) is 5.39 Å². The molecule has 0 unspecified atom stereocenters. The maximum absolute atomic E-state index is 13.6. The first-order valence-electron chi connectivity index (χ1n) is 11.2. The molecule has 2 heterocycles. The number of aromatic nitrogens is 2. The average Bonchev–Trinajstić information content (AvgIpc) is 3.36. The highest BCUT2D eigenvalue weighted by Crippen LogP contribution is 2.42. The number of fused-ring (bicyclic) bond motifs is 2. The van der Waals surface area contributed by atoms with E-state index < -0.39 is 5.97 Å². The van der Waals surface area contributed by atoms with Crippen LogP contribution in [0.25, 0.3) is 33.5 Å². The highest BCUT2D eigenvalue weighted by atomic mass is 79.9. The summed E-state index contributed by atoms with van der Waals surface area (Å²) in [4.78, 5) is 29.8. The van der Waals surface area contributed by atoms with Crippen molar-refractivity contribution in [1.82, 2.24) is 9.66 Å². The van der Waals surface area contributed by atoms with E-state index in [1.54, 1.807) is 49.6 Å². The van der Waals surface area contributed by atoms with Gasteiger partial charge in [-0.1, -0.05) is 18.2 Å². The minimum Gasteiger partial charge on any atom is -0.496 e. The average molecular weight is 641 g/mol. The number of ether oxygens (including phenoxy) is 3. The first kappa shape index (κ1) is 25.7. The molecule has 2 aromatic heterocycles. The zero-order valence-corrected chi connectivity index (χ0v) is 23.5. The summed E-state index contributed by atoms with van der Waals surface area (Å²) in [5.74, 6) is 1.19. The Bertz CT molecular complexity index is 1810. The lowest BCUT2D eigenvalue weighted by molar-refractivity contribution is -0.132. The van der Waals surface area contributed by atoms with Crippen LogP contribution in [0, 0.1) is 0 Å². The van der Waals surface area contributed by atoms with Gasteiger partial charge in [-0.3, -0.25) is 9.59 Å². The summed E-state index contributed by atoms with van der Waals surface area (Å²) < 4.78 is 24.4. The molecule has 11 heteroatoms. The summed E-state index contributed by atoms with van der Waals surface area (Å²) >= 11 is 6.93. The van der Waals surface area contributed by atoms with Crippen LogP contribution in [-0.2, 0) is 4.79 Å². The largest absolute Gasteiger partial charge is 0.496 e. The van der Waals surface area contributed by atoms with Gasteiger partial charge in [-0.15, -0.1) is 0 Å². The number of methoxy groups -OCH3 is 2. The third kappa shape index (κ3) is 4.59. The number of esters is 1. The fourth-order valence-electron chi connectivity index (χ4n) is 3.92. The van der Waals surface area contributed by atoms with Crippen LogP contribution in [-0.4, -0.2) is 36.1 Å². The van der Waals surface area contributed by atoms with Crippen molar-refractivity contribution in [3.05, 3.63) is 79.5 Å². The first-order chi connectivity index (χ1) is 18.3. The molecule has 3 aromatic carbocycles. The summed E-state index contributed by atoms with van der Waals surface area (Å²) in [6.07, 6.45) is 1.47. The van der Waals surface area contributed by atoms with Crippen molar-refractivity contribution < 1.29 is 23.4 Å². The number of carbonyl (C=O) groups excluding carboxylic acids is 1. The van der Waals surface area contributed by atoms with Crippen molar-refractivity contribution in [1.29, 1.82) is 0 Å². The van der Waals surface area contributed by atoms with Gasteiger partial charge in [-0.05, 0) is 68.3 Å². The molecular weight excluding hydrogens is 622 g/mol. The topological polar surface area (TPSA) is 105 Å². The minimum atomic E-state index is -0.502. The quantitative estimate of drug-likeness (QED) is 0.124. The second-order valence-electron chi connectivity index (χ2n) is 8.02. The smallest absolute Gasteiger partial charge is 0.308 e. The second kappa shape index (κ2) is 10.4. The highest BCUT2D eigenvalue weighted by Gasteiger charge is 2.20. The lowest BCUT2D eigenvalue weighted by atomic mass is 10.2. The predicted molar refractivity (Wildman–Crippen MR) is 150 cm³/mol. The molecule has 0 bridgehead atoms. The van der Waals surface area contributed by atoms with Crippen LogP contribution in [0.15, 0.2) is 77.9 Å². The summed E-state index contributed by atoms with van der Waals surface area (Å²) in [5.41, 5.74) is 1.24. The summed E-state index contributed by atoms with van der Waals surface area (Å²) in [6.45, 7) is 1.30. The Balaban J connectivity index is 1.71. The van der Waals surface area contributed by atoms with Crippen LogP contribution < -0.4 is 19.8 Å². The van der Waals surface area contributed by atoms with Crippen molar-refractivity contribution in [2.75, 3.05) is 14.2 Å².